The van der Waals surface area contributed by atoms with E-state index < -0.39 is 0 Å². The topological polar surface area (TPSA) is 86.9 Å². The number of nitrogens with zero attached hydrogens (tertiary/aromatic N) is 6. The van der Waals surface area contributed by atoms with Crippen LogP contribution in [0, 0.1) is 6.92 Å². The number of benzene rings is 1. The fourth-order valence-electron chi connectivity index (χ4n) is 4.45. The minimum atomic E-state index is -0.228. The van der Waals surface area contributed by atoms with E-state index in [4.69, 9.17) is 24.3 Å². The molecule has 1 aromatic carbocycles. The van der Waals surface area contributed by atoms with E-state index in [1.165, 1.54) is 0 Å². The predicted molar refractivity (Wildman–Crippen MR) is 146 cm³/mol. The summed E-state index contributed by atoms with van der Waals surface area (Å²) in [6, 6.07) is 7.80. The molecule has 3 heterocycles. The van der Waals surface area contributed by atoms with Crippen LogP contribution >= 0.6 is 0 Å². The summed E-state index contributed by atoms with van der Waals surface area (Å²) in [6.07, 6.45) is 2.11. The van der Waals surface area contributed by atoms with E-state index in [-0.39, 0.29) is 5.41 Å². The molecule has 0 spiro atoms. The number of aromatic nitrogens is 5. The molecule has 37 heavy (non-hydrogen) atoms. The first-order valence-electron chi connectivity index (χ1n) is 12.5. The second kappa shape index (κ2) is 10.2. The summed E-state index contributed by atoms with van der Waals surface area (Å²) in [7, 11) is 4.80. The van der Waals surface area contributed by atoms with Gasteiger partial charge in [0.05, 0.1) is 32.6 Å². The third-order valence-electron chi connectivity index (χ3n) is 6.49. The van der Waals surface area contributed by atoms with Crippen molar-refractivity contribution in [2.45, 2.75) is 47.0 Å². The first kappa shape index (κ1) is 26.2. The Morgan fingerprint density at radius 3 is 2.14 bits per heavy atom. The zero-order valence-electron chi connectivity index (χ0n) is 23.2. The molecule has 4 rings (SSSR count). The van der Waals surface area contributed by atoms with E-state index in [1.807, 2.05) is 13.0 Å². The van der Waals surface area contributed by atoms with Crippen molar-refractivity contribution in [2.24, 2.45) is 0 Å². The molecule has 4 aromatic rings. The number of hydrogen-bond acceptors (Lipinski definition) is 8. The zero-order valence-corrected chi connectivity index (χ0v) is 23.2. The van der Waals surface area contributed by atoms with E-state index in [9.17, 15) is 0 Å². The van der Waals surface area contributed by atoms with E-state index in [0.717, 1.165) is 41.1 Å². The number of hydrogen-bond donors (Lipinski definition) is 0. The SMILES string of the molecule is CCN(CC)c1ccc(/C=c2/c(C(C)(C)C)nn3c(-c4cc(OC)c(OC)cc4OC)nnc23)c(C)n1. The Hall–Kier alpha value is -3.88. The number of fused-ring (bicyclic) bond motifs is 1. The number of pyridine rings is 1. The number of rotatable bonds is 8. The molecule has 0 aliphatic rings. The minimum absolute atomic E-state index is 0.228. The van der Waals surface area contributed by atoms with E-state index in [1.54, 1.807) is 31.9 Å². The second-order valence-corrected chi connectivity index (χ2v) is 9.84. The van der Waals surface area contributed by atoms with Crippen LogP contribution in [0.1, 0.15) is 51.6 Å². The summed E-state index contributed by atoms with van der Waals surface area (Å²) in [5.41, 5.74) is 4.04. The number of aryl methyl sites for hydroxylation is 1. The molecule has 0 aliphatic heterocycles. The van der Waals surface area contributed by atoms with Gasteiger partial charge in [-0.25, -0.2) is 4.98 Å². The molecule has 9 nitrogen and oxygen atoms in total. The molecule has 0 amide bonds. The van der Waals surface area contributed by atoms with Crippen molar-refractivity contribution in [1.82, 2.24) is 24.8 Å². The first-order chi connectivity index (χ1) is 17.7. The Labute approximate surface area is 218 Å². The minimum Gasteiger partial charge on any atom is -0.496 e. The Morgan fingerprint density at radius 1 is 0.919 bits per heavy atom. The average Bonchev–Trinajstić information content (AvgIpc) is 3.45. The van der Waals surface area contributed by atoms with Gasteiger partial charge in [0.2, 0.25) is 0 Å². The summed E-state index contributed by atoms with van der Waals surface area (Å²) in [6.45, 7) is 14.6. The van der Waals surface area contributed by atoms with Gasteiger partial charge in [-0.1, -0.05) is 20.8 Å². The lowest BCUT2D eigenvalue weighted by Gasteiger charge is -2.20. The summed E-state index contributed by atoms with van der Waals surface area (Å²) >= 11 is 0. The highest BCUT2D eigenvalue weighted by molar-refractivity contribution is 5.72. The number of anilines is 1. The summed E-state index contributed by atoms with van der Waals surface area (Å²) < 4.78 is 18.4. The van der Waals surface area contributed by atoms with Gasteiger partial charge in [-0.3, -0.25) is 0 Å². The van der Waals surface area contributed by atoms with Crippen LogP contribution in [0.15, 0.2) is 24.3 Å². The van der Waals surface area contributed by atoms with Gasteiger partial charge in [0.1, 0.15) is 11.6 Å². The molecule has 0 atom stereocenters. The Bertz CT molecular complexity index is 1470. The molecule has 0 aliphatic carbocycles. The Balaban J connectivity index is 1.95. The van der Waals surface area contributed by atoms with Crippen LogP contribution in [0.4, 0.5) is 5.82 Å². The summed E-state index contributed by atoms with van der Waals surface area (Å²) in [5.74, 6) is 3.26. The van der Waals surface area contributed by atoms with E-state index in [2.05, 4.69) is 67.9 Å². The molecule has 0 saturated carbocycles. The largest absolute Gasteiger partial charge is 0.496 e. The van der Waals surface area contributed by atoms with Crippen molar-refractivity contribution in [3.05, 3.63) is 46.4 Å². The van der Waals surface area contributed by atoms with Crippen LogP contribution in [0.2, 0.25) is 0 Å². The second-order valence-electron chi connectivity index (χ2n) is 9.84. The van der Waals surface area contributed by atoms with Crippen molar-refractivity contribution >= 4 is 17.5 Å². The van der Waals surface area contributed by atoms with Gasteiger partial charge in [-0.05, 0) is 50.6 Å². The van der Waals surface area contributed by atoms with Crippen LogP contribution in [0.3, 0.4) is 0 Å². The predicted octanol–water partition coefficient (Wildman–Crippen LogP) is 4.21. The zero-order chi connectivity index (χ0) is 26.9. The van der Waals surface area contributed by atoms with Crippen molar-refractivity contribution in [3.63, 3.8) is 0 Å². The van der Waals surface area contributed by atoms with Crippen molar-refractivity contribution in [1.29, 1.82) is 0 Å². The first-order valence-corrected chi connectivity index (χ1v) is 12.5. The quantitative estimate of drug-likeness (QED) is 0.353. The fourth-order valence-corrected chi connectivity index (χ4v) is 4.45. The van der Waals surface area contributed by atoms with Gasteiger partial charge in [0.25, 0.3) is 0 Å². The molecular formula is C28H36N6O3. The molecular weight excluding hydrogens is 468 g/mol. The van der Waals surface area contributed by atoms with E-state index >= 15 is 0 Å². The Kier molecular flexibility index (Phi) is 7.25. The van der Waals surface area contributed by atoms with Gasteiger partial charge in [0.15, 0.2) is 23.0 Å². The fraction of sp³-hybridized carbons (Fsp3) is 0.429. The van der Waals surface area contributed by atoms with Gasteiger partial charge in [-0.2, -0.15) is 9.61 Å². The number of ether oxygens (including phenoxy) is 3. The third kappa shape index (κ3) is 4.77. The highest BCUT2D eigenvalue weighted by Gasteiger charge is 2.26. The van der Waals surface area contributed by atoms with Crippen molar-refractivity contribution in [2.75, 3.05) is 39.3 Å². The highest BCUT2D eigenvalue weighted by Crippen LogP contribution is 2.39. The standard InChI is InChI=1S/C28H36N6O3/c1-10-33(11-2)24-13-12-18(17(3)29-24)14-20-25(28(4,5)6)32-34-26(30-31-27(20)34)19-15-22(36-8)23(37-9)16-21(19)35-7/h12-16H,10-11H2,1-9H3/b20-14-. The van der Waals surface area contributed by atoms with Crippen LogP contribution in [0.5, 0.6) is 17.2 Å². The number of methoxy groups -OCH3 is 3. The molecule has 9 heteroatoms. The van der Waals surface area contributed by atoms with Gasteiger partial charge < -0.3 is 19.1 Å². The van der Waals surface area contributed by atoms with Crippen molar-refractivity contribution < 1.29 is 14.2 Å². The molecule has 196 valence electrons. The maximum Gasteiger partial charge on any atom is 0.189 e. The van der Waals surface area contributed by atoms with Crippen LogP contribution in [0.25, 0.3) is 23.1 Å². The molecule has 0 radical (unpaired) electrons. The molecule has 0 N–H and O–H groups in total. The molecule has 3 aromatic heterocycles. The molecule has 0 unspecified atom stereocenters. The average molecular weight is 505 g/mol. The third-order valence-corrected chi connectivity index (χ3v) is 6.49. The summed E-state index contributed by atoms with van der Waals surface area (Å²) in [5, 5.41) is 15.0. The molecule has 0 saturated heterocycles. The summed E-state index contributed by atoms with van der Waals surface area (Å²) in [4.78, 5) is 7.10. The van der Waals surface area contributed by atoms with Crippen LogP contribution in [-0.2, 0) is 5.41 Å². The van der Waals surface area contributed by atoms with Crippen molar-refractivity contribution in [3.8, 4) is 28.6 Å². The lowest BCUT2D eigenvalue weighted by molar-refractivity contribution is 0.349. The normalized spacial score (nSPS) is 12.3. The van der Waals surface area contributed by atoms with Gasteiger partial charge >= 0.3 is 0 Å². The maximum absolute atomic E-state index is 5.66. The molecule has 0 bridgehead atoms. The highest BCUT2D eigenvalue weighted by atomic mass is 16.5. The lowest BCUT2D eigenvalue weighted by Crippen LogP contribution is -2.23. The monoisotopic (exact) mass is 504 g/mol. The van der Waals surface area contributed by atoms with Crippen LogP contribution < -0.4 is 24.3 Å². The molecule has 0 fully saturated rings. The maximum atomic E-state index is 5.66. The van der Waals surface area contributed by atoms with Gasteiger partial charge in [0, 0.05) is 35.5 Å². The van der Waals surface area contributed by atoms with E-state index in [0.29, 0.717) is 34.3 Å². The lowest BCUT2D eigenvalue weighted by atomic mass is 9.90. The van der Waals surface area contributed by atoms with Gasteiger partial charge in [-0.15, -0.1) is 10.2 Å². The smallest absolute Gasteiger partial charge is 0.189 e. The Morgan fingerprint density at radius 2 is 1.57 bits per heavy atom. The van der Waals surface area contributed by atoms with Crippen LogP contribution in [-0.4, -0.2) is 59.2 Å².